The second-order valence-corrected chi connectivity index (χ2v) is 5.29. The number of hydrogen-bond donors (Lipinski definition) is 0. The SMILES string of the molecule is CSC1=N/C(=C/c2ccccc2)C(=O)N1c1ccccc1. The van der Waals surface area contributed by atoms with E-state index in [1.807, 2.05) is 73.0 Å². The summed E-state index contributed by atoms with van der Waals surface area (Å²) < 4.78 is 0. The van der Waals surface area contributed by atoms with Crippen LogP contribution in [0.5, 0.6) is 0 Å². The van der Waals surface area contributed by atoms with Crippen LogP contribution in [-0.2, 0) is 4.79 Å². The highest BCUT2D eigenvalue weighted by Crippen LogP contribution is 2.28. The Labute approximate surface area is 128 Å². The number of carbonyl (C=O) groups is 1. The number of amides is 1. The van der Waals surface area contributed by atoms with Crippen LogP contribution in [0.4, 0.5) is 5.69 Å². The number of carbonyl (C=O) groups excluding carboxylic acids is 1. The van der Waals surface area contributed by atoms with Crippen molar-refractivity contribution >= 4 is 34.6 Å². The summed E-state index contributed by atoms with van der Waals surface area (Å²) in [4.78, 5) is 18.7. The molecule has 2 aromatic carbocycles. The molecule has 0 saturated carbocycles. The lowest BCUT2D eigenvalue weighted by Crippen LogP contribution is -2.29. The Morgan fingerprint density at radius 3 is 2.24 bits per heavy atom. The number of amidine groups is 1. The van der Waals surface area contributed by atoms with Gasteiger partial charge in [-0.05, 0) is 30.0 Å². The molecule has 2 aromatic rings. The van der Waals surface area contributed by atoms with Crippen molar-refractivity contribution in [1.82, 2.24) is 0 Å². The predicted octanol–water partition coefficient (Wildman–Crippen LogP) is 3.79. The molecule has 3 nitrogen and oxygen atoms in total. The van der Waals surface area contributed by atoms with Crippen LogP contribution in [-0.4, -0.2) is 17.3 Å². The molecular formula is C17H14N2OS. The van der Waals surface area contributed by atoms with Gasteiger partial charge in [-0.3, -0.25) is 9.69 Å². The Morgan fingerprint density at radius 2 is 1.62 bits per heavy atom. The van der Waals surface area contributed by atoms with E-state index in [4.69, 9.17) is 0 Å². The van der Waals surface area contributed by atoms with Crippen LogP contribution < -0.4 is 4.90 Å². The Balaban J connectivity index is 1.98. The van der Waals surface area contributed by atoms with Gasteiger partial charge in [0.1, 0.15) is 5.70 Å². The zero-order valence-electron chi connectivity index (χ0n) is 11.6. The van der Waals surface area contributed by atoms with Crippen LogP contribution >= 0.6 is 11.8 Å². The molecule has 1 amide bonds. The van der Waals surface area contributed by atoms with Crippen LogP contribution in [0.15, 0.2) is 71.4 Å². The monoisotopic (exact) mass is 294 g/mol. The Morgan fingerprint density at radius 1 is 1.00 bits per heavy atom. The quantitative estimate of drug-likeness (QED) is 0.789. The number of thioether (sulfide) groups is 1. The highest BCUT2D eigenvalue weighted by molar-refractivity contribution is 8.13. The standard InChI is InChI=1S/C17H14N2OS/c1-21-17-18-15(12-13-8-4-2-5-9-13)16(20)19(17)14-10-6-3-7-11-14/h2-12H,1H3/b15-12+. The van der Waals surface area contributed by atoms with Gasteiger partial charge < -0.3 is 0 Å². The molecule has 0 unspecified atom stereocenters. The topological polar surface area (TPSA) is 32.7 Å². The summed E-state index contributed by atoms with van der Waals surface area (Å²) >= 11 is 1.47. The molecule has 0 spiro atoms. The van der Waals surface area contributed by atoms with E-state index < -0.39 is 0 Å². The molecule has 3 rings (SSSR count). The van der Waals surface area contributed by atoms with E-state index in [1.165, 1.54) is 11.8 Å². The molecular weight excluding hydrogens is 280 g/mol. The minimum Gasteiger partial charge on any atom is -0.266 e. The summed E-state index contributed by atoms with van der Waals surface area (Å²) in [6, 6.07) is 19.3. The summed E-state index contributed by atoms with van der Waals surface area (Å²) in [5.41, 5.74) is 2.28. The third kappa shape index (κ3) is 2.76. The van der Waals surface area contributed by atoms with E-state index in [0.29, 0.717) is 10.9 Å². The lowest BCUT2D eigenvalue weighted by molar-refractivity contribution is -0.113. The molecule has 0 radical (unpaired) electrons. The van der Waals surface area contributed by atoms with Crippen molar-refractivity contribution in [3.63, 3.8) is 0 Å². The molecule has 0 atom stereocenters. The predicted molar refractivity (Wildman–Crippen MR) is 89.3 cm³/mol. The van der Waals surface area contributed by atoms with Gasteiger partial charge in [0.05, 0.1) is 5.69 Å². The number of hydrogen-bond acceptors (Lipinski definition) is 3. The van der Waals surface area contributed by atoms with E-state index in [0.717, 1.165) is 11.3 Å². The van der Waals surface area contributed by atoms with E-state index in [1.54, 1.807) is 4.90 Å². The molecule has 4 heteroatoms. The minimum atomic E-state index is -0.0885. The second kappa shape index (κ2) is 5.97. The molecule has 104 valence electrons. The van der Waals surface area contributed by atoms with Gasteiger partial charge >= 0.3 is 0 Å². The smallest absolute Gasteiger partial charge is 0.266 e. The fraction of sp³-hybridized carbons (Fsp3) is 0.0588. The van der Waals surface area contributed by atoms with Crippen LogP contribution in [0.1, 0.15) is 5.56 Å². The minimum absolute atomic E-state index is 0.0885. The molecule has 0 fully saturated rings. The fourth-order valence-electron chi connectivity index (χ4n) is 2.15. The van der Waals surface area contributed by atoms with Crippen molar-refractivity contribution in [3.8, 4) is 0 Å². The van der Waals surface area contributed by atoms with Gasteiger partial charge in [0, 0.05) is 0 Å². The zero-order chi connectivity index (χ0) is 14.7. The van der Waals surface area contributed by atoms with E-state index in [9.17, 15) is 4.79 Å². The normalized spacial score (nSPS) is 16.4. The van der Waals surface area contributed by atoms with E-state index >= 15 is 0 Å². The van der Waals surface area contributed by atoms with Gasteiger partial charge in [-0.15, -0.1) is 0 Å². The number of anilines is 1. The number of para-hydroxylation sites is 1. The van der Waals surface area contributed by atoms with Crippen molar-refractivity contribution < 1.29 is 4.79 Å². The van der Waals surface area contributed by atoms with E-state index in [-0.39, 0.29) is 5.91 Å². The van der Waals surface area contributed by atoms with Gasteiger partial charge in [-0.1, -0.05) is 60.3 Å². The third-order valence-corrected chi connectivity index (χ3v) is 3.77. The Kier molecular flexibility index (Phi) is 3.88. The highest BCUT2D eigenvalue weighted by atomic mass is 32.2. The van der Waals surface area contributed by atoms with Gasteiger partial charge in [-0.2, -0.15) is 0 Å². The first-order chi connectivity index (χ1) is 10.3. The van der Waals surface area contributed by atoms with Gasteiger partial charge in [0.2, 0.25) is 0 Å². The maximum atomic E-state index is 12.6. The molecule has 0 bridgehead atoms. The molecule has 0 N–H and O–H groups in total. The van der Waals surface area contributed by atoms with Gasteiger partial charge in [0.25, 0.3) is 5.91 Å². The van der Waals surface area contributed by atoms with E-state index in [2.05, 4.69) is 4.99 Å². The molecule has 1 heterocycles. The fourth-order valence-corrected chi connectivity index (χ4v) is 2.71. The van der Waals surface area contributed by atoms with Crippen molar-refractivity contribution in [2.24, 2.45) is 4.99 Å². The van der Waals surface area contributed by atoms with Crippen molar-refractivity contribution in [1.29, 1.82) is 0 Å². The maximum absolute atomic E-state index is 12.6. The Bertz CT molecular complexity index is 708. The first-order valence-corrected chi connectivity index (χ1v) is 7.81. The second-order valence-electron chi connectivity index (χ2n) is 4.51. The first-order valence-electron chi connectivity index (χ1n) is 6.58. The maximum Gasteiger partial charge on any atom is 0.283 e. The largest absolute Gasteiger partial charge is 0.283 e. The number of benzene rings is 2. The number of aliphatic imine (C=N–C) groups is 1. The lowest BCUT2D eigenvalue weighted by atomic mass is 10.2. The average Bonchev–Trinajstić information content (AvgIpc) is 2.85. The van der Waals surface area contributed by atoms with Crippen LogP contribution in [0.3, 0.4) is 0 Å². The Hall–Kier alpha value is -2.33. The van der Waals surface area contributed by atoms with Crippen LogP contribution in [0.25, 0.3) is 6.08 Å². The lowest BCUT2D eigenvalue weighted by Gasteiger charge is -2.16. The highest BCUT2D eigenvalue weighted by Gasteiger charge is 2.30. The first kappa shape index (κ1) is 13.6. The molecule has 1 aliphatic rings. The average molecular weight is 294 g/mol. The van der Waals surface area contributed by atoms with Crippen molar-refractivity contribution in [3.05, 3.63) is 71.9 Å². The van der Waals surface area contributed by atoms with Crippen LogP contribution in [0, 0.1) is 0 Å². The molecule has 0 aliphatic carbocycles. The third-order valence-electron chi connectivity index (χ3n) is 3.13. The van der Waals surface area contributed by atoms with Crippen molar-refractivity contribution in [2.45, 2.75) is 0 Å². The molecule has 0 aromatic heterocycles. The van der Waals surface area contributed by atoms with Crippen molar-refractivity contribution in [2.75, 3.05) is 11.2 Å². The summed E-state index contributed by atoms with van der Waals surface area (Å²) in [6.07, 6.45) is 3.75. The molecule has 21 heavy (non-hydrogen) atoms. The zero-order valence-corrected chi connectivity index (χ0v) is 12.4. The number of nitrogens with zero attached hydrogens (tertiary/aromatic N) is 2. The summed E-state index contributed by atoms with van der Waals surface area (Å²) in [7, 11) is 0. The summed E-state index contributed by atoms with van der Waals surface area (Å²) in [5, 5.41) is 0.702. The number of rotatable bonds is 2. The molecule has 1 aliphatic heterocycles. The summed E-state index contributed by atoms with van der Waals surface area (Å²) in [5.74, 6) is -0.0885. The summed E-state index contributed by atoms with van der Waals surface area (Å²) in [6.45, 7) is 0. The van der Waals surface area contributed by atoms with Crippen LogP contribution in [0.2, 0.25) is 0 Å². The van der Waals surface area contributed by atoms with Gasteiger partial charge in [-0.25, -0.2) is 4.99 Å². The molecule has 0 saturated heterocycles. The van der Waals surface area contributed by atoms with Gasteiger partial charge in [0.15, 0.2) is 5.17 Å².